The van der Waals surface area contributed by atoms with E-state index in [1.165, 1.54) is 109 Å². The van der Waals surface area contributed by atoms with E-state index in [0.29, 0.717) is 19.6 Å². The lowest BCUT2D eigenvalue weighted by Crippen LogP contribution is -2.46. The Labute approximate surface area is 312 Å². The van der Waals surface area contributed by atoms with Crippen molar-refractivity contribution in [1.82, 2.24) is 4.90 Å². The predicted octanol–water partition coefficient (Wildman–Crippen LogP) is 12.6. The Morgan fingerprint density at radius 1 is 0.500 bits per heavy atom. The summed E-state index contributed by atoms with van der Waals surface area (Å²) in [5, 5.41) is 0. The molecular formula is C44H88N2O4. The second-order valence-corrected chi connectivity index (χ2v) is 15.2. The third-order valence-corrected chi connectivity index (χ3v) is 10.3. The second-order valence-electron chi connectivity index (χ2n) is 15.2. The molecule has 0 radical (unpaired) electrons. The van der Waals surface area contributed by atoms with Crippen molar-refractivity contribution in [2.75, 3.05) is 26.2 Å². The number of esters is 2. The quantitative estimate of drug-likeness (QED) is 0.0504. The molecule has 298 valence electrons. The van der Waals surface area contributed by atoms with E-state index in [-0.39, 0.29) is 24.1 Å². The Hall–Kier alpha value is -1.14. The molecule has 0 spiro atoms. The van der Waals surface area contributed by atoms with Gasteiger partial charge in [0.1, 0.15) is 12.1 Å². The highest BCUT2D eigenvalue weighted by molar-refractivity contribution is 5.76. The number of hydrogen-bond donors (Lipinski definition) is 1. The van der Waals surface area contributed by atoms with Crippen LogP contribution >= 0.6 is 0 Å². The summed E-state index contributed by atoms with van der Waals surface area (Å²) in [6, 6.07) is -0.196. The molecule has 1 atom stereocenters. The third-order valence-electron chi connectivity index (χ3n) is 10.3. The van der Waals surface area contributed by atoms with E-state index in [9.17, 15) is 9.59 Å². The molecule has 1 unspecified atom stereocenters. The first-order valence-corrected chi connectivity index (χ1v) is 22.3. The second kappa shape index (κ2) is 39.1. The standard InChI is InChI=1S/C44H88N2O4/c1-5-9-13-17-20-26-32-40-49-43(47)36-30-24-21-25-31-38-46(39-37-45)42(35-29-16-12-8-4)44(48)50-41(33-27-22-18-14-10-6-2)34-28-23-19-15-11-7-3/h41-42H,5-40,45H2,1-4H3. The molecule has 0 bridgehead atoms. The lowest BCUT2D eigenvalue weighted by Gasteiger charge is -2.31. The van der Waals surface area contributed by atoms with Gasteiger partial charge < -0.3 is 15.2 Å². The van der Waals surface area contributed by atoms with E-state index < -0.39 is 0 Å². The van der Waals surface area contributed by atoms with Crippen molar-refractivity contribution in [2.45, 2.75) is 245 Å². The molecule has 2 N–H and O–H groups in total. The Kier molecular flexibility index (Phi) is 38.2. The molecule has 0 aromatic rings. The van der Waals surface area contributed by atoms with Crippen molar-refractivity contribution in [1.29, 1.82) is 0 Å². The summed E-state index contributed by atoms with van der Waals surface area (Å²) >= 11 is 0. The zero-order valence-electron chi connectivity index (χ0n) is 34.3. The van der Waals surface area contributed by atoms with Gasteiger partial charge in [-0.1, -0.05) is 175 Å². The average molecular weight is 709 g/mol. The Bertz CT molecular complexity index is 702. The highest BCUT2D eigenvalue weighted by atomic mass is 16.5. The van der Waals surface area contributed by atoms with E-state index in [0.717, 1.165) is 103 Å². The van der Waals surface area contributed by atoms with Crippen molar-refractivity contribution in [3.05, 3.63) is 0 Å². The van der Waals surface area contributed by atoms with Gasteiger partial charge in [-0.05, 0) is 57.9 Å². The lowest BCUT2D eigenvalue weighted by atomic mass is 10.0. The minimum absolute atomic E-state index is 0.00748. The number of rotatable bonds is 40. The predicted molar refractivity (Wildman–Crippen MR) is 216 cm³/mol. The van der Waals surface area contributed by atoms with Crippen LogP contribution in [0.2, 0.25) is 0 Å². The molecule has 0 aliphatic heterocycles. The van der Waals surface area contributed by atoms with Crippen LogP contribution in [0.3, 0.4) is 0 Å². The van der Waals surface area contributed by atoms with Crippen molar-refractivity contribution in [3.8, 4) is 0 Å². The SMILES string of the molecule is CCCCCCCCCOC(=O)CCCCCCCN(CCN)C(CCCCCC)C(=O)OC(CCCCCCCC)CCCCCCCC. The van der Waals surface area contributed by atoms with Crippen LogP contribution in [0.4, 0.5) is 0 Å². The molecule has 6 heteroatoms. The topological polar surface area (TPSA) is 81.9 Å². The van der Waals surface area contributed by atoms with Crippen molar-refractivity contribution < 1.29 is 19.1 Å². The van der Waals surface area contributed by atoms with Crippen LogP contribution in [0.25, 0.3) is 0 Å². The number of unbranched alkanes of at least 4 members (excludes halogenated alkanes) is 23. The fourth-order valence-corrected chi connectivity index (χ4v) is 7.04. The molecule has 0 rings (SSSR count). The van der Waals surface area contributed by atoms with Gasteiger partial charge in [-0.2, -0.15) is 0 Å². The van der Waals surface area contributed by atoms with Gasteiger partial charge in [0.05, 0.1) is 6.61 Å². The lowest BCUT2D eigenvalue weighted by molar-refractivity contribution is -0.157. The maximum absolute atomic E-state index is 13.9. The van der Waals surface area contributed by atoms with Gasteiger partial charge in [0.2, 0.25) is 0 Å². The Morgan fingerprint density at radius 3 is 1.44 bits per heavy atom. The molecular weight excluding hydrogens is 620 g/mol. The van der Waals surface area contributed by atoms with Crippen LogP contribution in [0.1, 0.15) is 233 Å². The molecule has 0 aromatic carbocycles. The van der Waals surface area contributed by atoms with Crippen LogP contribution in [0.15, 0.2) is 0 Å². The summed E-state index contributed by atoms with van der Waals surface area (Å²) in [6.07, 6.45) is 37.1. The van der Waals surface area contributed by atoms with E-state index in [2.05, 4.69) is 32.6 Å². The third kappa shape index (κ3) is 31.6. The molecule has 0 amide bonds. The van der Waals surface area contributed by atoms with Gasteiger partial charge in [0.25, 0.3) is 0 Å². The summed E-state index contributed by atoms with van der Waals surface area (Å²) in [5.74, 6) is -0.0484. The summed E-state index contributed by atoms with van der Waals surface area (Å²) in [4.78, 5) is 28.4. The Balaban J connectivity index is 4.85. The van der Waals surface area contributed by atoms with Gasteiger partial charge in [-0.15, -0.1) is 0 Å². The van der Waals surface area contributed by atoms with Gasteiger partial charge in [0, 0.05) is 19.5 Å². The normalized spacial score (nSPS) is 12.2. The summed E-state index contributed by atoms with van der Waals surface area (Å²) in [5.41, 5.74) is 6.11. The number of hydrogen-bond acceptors (Lipinski definition) is 6. The van der Waals surface area contributed by atoms with E-state index in [1.54, 1.807) is 0 Å². The minimum Gasteiger partial charge on any atom is -0.466 e. The fraction of sp³-hybridized carbons (Fsp3) is 0.955. The van der Waals surface area contributed by atoms with Gasteiger partial charge in [-0.3, -0.25) is 14.5 Å². The first-order chi connectivity index (χ1) is 24.5. The van der Waals surface area contributed by atoms with Crippen LogP contribution < -0.4 is 5.73 Å². The molecule has 0 saturated heterocycles. The first kappa shape index (κ1) is 48.9. The monoisotopic (exact) mass is 709 g/mol. The van der Waals surface area contributed by atoms with Gasteiger partial charge in [-0.25, -0.2) is 0 Å². The summed E-state index contributed by atoms with van der Waals surface area (Å²) in [6.45, 7) is 11.8. The zero-order chi connectivity index (χ0) is 36.8. The Morgan fingerprint density at radius 2 is 0.920 bits per heavy atom. The van der Waals surface area contributed by atoms with Crippen molar-refractivity contribution in [2.24, 2.45) is 5.73 Å². The maximum atomic E-state index is 13.9. The van der Waals surface area contributed by atoms with Gasteiger partial charge >= 0.3 is 11.9 Å². The molecule has 0 aliphatic rings. The summed E-state index contributed by atoms with van der Waals surface area (Å²) < 4.78 is 11.9. The minimum atomic E-state index is -0.196. The van der Waals surface area contributed by atoms with Crippen molar-refractivity contribution >= 4 is 11.9 Å². The molecule has 0 aliphatic carbocycles. The van der Waals surface area contributed by atoms with Gasteiger partial charge in [0.15, 0.2) is 0 Å². The molecule has 0 aromatic heterocycles. The number of ether oxygens (including phenoxy) is 2. The molecule has 0 fully saturated rings. The number of nitrogens with zero attached hydrogens (tertiary/aromatic N) is 1. The molecule has 0 heterocycles. The van der Waals surface area contributed by atoms with Crippen LogP contribution in [0.5, 0.6) is 0 Å². The highest BCUT2D eigenvalue weighted by Gasteiger charge is 2.28. The number of carbonyl (C=O) groups excluding carboxylic acids is 2. The van der Waals surface area contributed by atoms with Crippen LogP contribution in [0, 0.1) is 0 Å². The van der Waals surface area contributed by atoms with E-state index >= 15 is 0 Å². The largest absolute Gasteiger partial charge is 0.466 e. The summed E-state index contributed by atoms with van der Waals surface area (Å²) in [7, 11) is 0. The molecule has 50 heavy (non-hydrogen) atoms. The van der Waals surface area contributed by atoms with E-state index in [4.69, 9.17) is 15.2 Å². The fourth-order valence-electron chi connectivity index (χ4n) is 7.04. The van der Waals surface area contributed by atoms with Crippen molar-refractivity contribution in [3.63, 3.8) is 0 Å². The van der Waals surface area contributed by atoms with Crippen LogP contribution in [-0.2, 0) is 19.1 Å². The first-order valence-electron chi connectivity index (χ1n) is 22.3. The van der Waals surface area contributed by atoms with E-state index in [1.807, 2.05) is 0 Å². The highest BCUT2D eigenvalue weighted by Crippen LogP contribution is 2.21. The maximum Gasteiger partial charge on any atom is 0.323 e. The molecule has 0 saturated carbocycles. The number of nitrogens with two attached hydrogens (primary N) is 1. The molecule has 6 nitrogen and oxygen atoms in total. The smallest absolute Gasteiger partial charge is 0.323 e. The zero-order valence-corrected chi connectivity index (χ0v) is 34.3. The average Bonchev–Trinajstić information content (AvgIpc) is 3.11. The number of carbonyl (C=O) groups is 2. The van der Waals surface area contributed by atoms with Crippen LogP contribution in [-0.4, -0.2) is 55.2 Å².